The van der Waals surface area contributed by atoms with Crippen LogP contribution in [0.5, 0.6) is 0 Å². The average molecular weight is 422 g/mol. The molecule has 2 amide bonds. The van der Waals surface area contributed by atoms with Crippen LogP contribution in [0.1, 0.15) is 26.5 Å². The van der Waals surface area contributed by atoms with Crippen molar-refractivity contribution in [3.8, 4) is 11.3 Å². The minimum absolute atomic E-state index is 0.155. The minimum Gasteiger partial charge on any atom is -0.451 e. The summed E-state index contributed by atoms with van der Waals surface area (Å²) >= 11 is 0. The molecule has 2 aromatic carbocycles. The molecule has 0 fully saturated rings. The zero-order valence-corrected chi connectivity index (χ0v) is 17.1. The maximum Gasteiger partial charge on any atom is 0.305 e. The number of hydrogen-bond donors (Lipinski definition) is 2. The lowest BCUT2D eigenvalue weighted by Gasteiger charge is -2.11. The molecule has 0 atom stereocenters. The van der Waals surface area contributed by atoms with Crippen molar-refractivity contribution in [2.24, 2.45) is 0 Å². The summed E-state index contributed by atoms with van der Waals surface area (Å²) in [6, 6.07) is 20.1. The van der Waals surface area contributed by atoms with Gasteiger partial charge in [-0.3, -0.25) is 25.4 Å². The number of nitrogens with zero attached hydrogens (tertiary/aromatic N) is 2. The number of carbonyl (C=O) groups is 2. The predicted octanol–water partition coefficient (Wildman–Crippen LogP) is 4.43. The molecule has 5 aromatic rings. The highest BCUT2D eigenvalue weighted by Crippen LogP contribution is 2.26. The maximum atomic E-state index is 13.0. The van der Waals surface area contributed by atoms with Crippen LogP contribution >= 0.6 is 0 Å². The Labute approximate surface area is 183 Å². The van der Waals surface area contributed by atoms with Crippen molar-refractivity contribution >= 4 is 33.7 Å². The van der Waals surface area contributed by atoms with Crippen LogP contribution in [0.2, 0.25) is 0 Å². The lowest BCUT2D eigenvalue weighted by atomic mass is 10.0. The number of para-hydroxylation sites is 2. The van der Waals surface area contributed by atoms with Gasteiger partial charge in [-0.25, -0.2) is 4.98 Å². The van der Waals surface area contributed by atoms with Gasteiger partial charge in [0.15, 0.2) is 5.76 Å². The summed E-state index contributed by atoms with van der Waals surface area (Å²) in [6.07, 6.45) is 3.36. The number of amides is 2. The largest absolute Gasteiger partial charge is 0.451 e. The van der Waals surface area contributed by atoms with Gasteiger partial charge in [0.05, 0.1) is 16.8 Å². The Hall–Kier alpha value is -4.52. The van der Waals surface area contributed by atoms with Crippen LogP contribution in [0, 0.1) is 6.92 Å². The van der Waals surface area contributed by atoms with Gasteiger partial charge in [0, 0.05) is 34.3 Å². The van der Waals surface area contributed by atoms with E-state index in [9.17, 15) is 9.59 Å². The number of carbonyl (C=O) groups excluding carboxylic acids is 2. The molecule has 5 rings (SSSR count). The zero-order chi connectivity index (χ0) is 22.1. The molecular weight excluding hydrogens is 404 g/mol. The van der Waals surface area contributed by atoms with E-state index >= 15 is 0 Å². The van der Waals surface area contributed by atoms with Gasteiger partial charge < -0.3 is 4.42 Å². The van der Waals surface area contributed by atoms with Crippen LogP contribution in [0.15, 0.2) is 83.5 Å². The summed E-state index contributed by atoms with van der Waals surface area (Å²) in [7, 11) is 0. The van der Waals surface area contributed by atoms with Crippen molar-refractivity contribution in [1.82, 2.24) is 20.8 Å². The molecule has 0 bridgehead atoms. The molecule has 2 N–H and O–H groups in total. The van der Waals surface area contributed by atoms with Gasteiger partial charge in [0.1, 0.15) is 5.58 Å². The molecule has 7 heteroatoms. The Kier molecular flexibility index (Phi) is 4.84. The summed E-state index contributed by atoms with van der Waals surface area (Å²) in [5.41, 5.74) is 8.73. The summed E-state index contributed by atoms with van der Waals surface area (Å²) in [6.45, 7) is 1.80. The molecule has 3 aromatic heterocycles. The Morgan fingerprint density at radius 2 is 1.62 bits per heavy atom. The van der Waals surface area contributed by atoms with Gasteiger partial charge in [0.25, 0.3) is 5.91 Å². The third-order valence-electron chi connectivity index (χ3n) is 5.26. The zero-order valence-electron chi connectivity index (χ0n) is 17.1. The highest BCUT2D eigenvalue weighted by molar-refractivity contribution is 6.08. The van der Waals surface area contributed by atoms with Crippen LogP contribution in [0.4, 0.5) is 0 Å². The van der Waals surface area contributed by atoms with E-state index in [2.05, 4.69) is 20.8 Å². The molecule has 0 unspecified atom stereocenters. The van der Waals surface area contributed by atoms with E-state index in [1.165, 1.54) is 0 Å². The molecule has 0 spiro atoms. The van der Waals surface area contributed by atoms with E-state index in [0.717, 1.165) is 10.9 Å². The first-order valence-corrected chi connectivity index (χ1v) is 10.0. The molecule has 7 nitrogen and oxygen atoms in total. The number of aromatic nitrogens is 2. The Morgan fingerprint density at radius 3 is 2.41 bits per heavy atom. The topological polar surface area (TPSA) is 97.1 Å². The summed E-state index contributed by atoms with van der Waals surface area (Å²) in [5.74, 6) is -0.837. The molecule has 0 saturated carbocycles. The maximum absolute atomic E-state index is 13.0. The number of benzene rings is 2. The second-order valence-corrected chi connectivity index (χ2v) is 7.27. The monoisotopic (exact) mass is 422 g/mol. The smallest absolute Gasteiger partial charge is 0.305 e. The number of fused-ring (bicyclic) bond motifs is 2. The fraction of sp³-hybridized carbons (Fsp3) is 0.0400. The molecule has 3 heterocycles. The fourth-order valence-electron chi connectivity index (χ4n) is 3.65. The van der Waals surface area contributed by atoms with Gasteiger partial charge in [-0.2, -0.15) is 0 Å². The normalized spacial score (nSPS) is 10.9. The van der Waals surface area contributed by atoms with Crippen LogP contribution in [0.25, 0.3) is 33.1 Å². The third kappa shape index (κ3) is 3.45. The van der Waals surface area contributed by atoms with E-state index in [0.29, 0.717) is 33.3 Å². The second kappa shape index (κ2) is 7.96. The van der Waals surface area contributed by atoms with Crippen LogP contribution in [0.3, 0.4) is 0 Å². The number of aryl methyl sites for hydroxylation is 1. The van der Waals surface area contributed by atoms with Gasteiger partial charge >= 0.3 is 5.91 Å². The Balaban J connectivity index is 1.44. The van der Waals surface area contributed by atoms with Crippen molar-refractivity contribution in [2.75, 3.05) is 0 Å². The predicted molar refractivity (Wildman–Crippen MR) is 121 cm³/mol. The first-order chi connectivity index (χ1) is 15.6. The summed E-state index contributed by atoms with van der Waals surface area (Å²) in [4.78, 5) is 34.5. The Morgan fingerprint density at radius 1 is 0.875 bits per heavy atom. The van der Waals surface area contributed by atoms with E-state index in [-0.39, 0.29) is 5.76 Å². The van der Waals surface area contributed by atoms with Gasteiger partial charge in [-0.1, -0.05) is 36.4 Å². The Bertz CT molecular complexity index is 1480. The van der Waals surface area contributed by atoms with E-state index in [4.69, 9.17) is 4.42 Å². The van der Waals surface area contributed by atoms with Gasteiger partial charge in [-0.15, -0.1) is 0 Å². The lowest BCUT2D eigenvalue weighted by Crippen LogP contribution is -2.41. The van der Waals surface area contributed by atoms with Crippen LogP contribution in [-0.2, 0) is 0 Å². The van der Waals surface area contributed by atoms with Crippen molar-refractivity contribution < 1.29 is 14.0 Å². The highest BCUT2D eigenvalue weighted by atomic mass is 16.3. The fourth-order valence-corrected chi connectivity index (χ4v) is 3.65. The van der Waals surface area contributed by atoms with Crippen molar-refractivity contribution in [3.63, 3.8) is 0 Å². The first kappa shape index (κ1) is 19.4. The third-order valence-corrected chi connectivity index (χ3v) is 5.26. The van der Waals surface area contributed by atoms with Crippen LogP contribution < -0.4 is 10.9 Å². The van der Waals surface area contributed by atoms with Crippen molar-refractivity contribution in [1.29, 1.82) is 0 Å². The van der Waals surface area contributed by atoms with Crippen molar-refractivity contribution in [2.45, 2.75) is 6.92 Å². The van der Waals surface area contributed by atoms with E-state index in [1.54, 1.807) is 31.5 Å². The van der Waals surface area contributed by atoms with Crippen LogP contribution in [-0.4, -0.2) is 21.8 Å². The number of hydrazine groups is 1. The van der Waals surface area contributed by atoms with Gasteiger partial charge in [-0.05, 0) is 37.3 Å². The SMILES string of the molecule is Cc1c(C(=O)NNC(=O)c2cc(-c3cccnc3)nc3ccccc23)oc2ccccc12. The standard InChI is InChI=1S/C25H18N4O3/c1-15-17-8-3-5-11-22(17)32-23(15)25(31)29-28-24(30)19-13-21(16-7-6-12-26-14-16)27-20-10-4-2-9-18(19)20/h2-14H,1H3,(H,28,30)(H,29,31). The van der Waals surface area contributed by atoms with E-state index in [1.807, 2.05) is 54.6 Å². The molecule has 0 aliphatic heterocycles. The van der Waals surface area contributed by atoms with E-state index < -0.39 is 11.8 Å². The molecule has 32 heavy (non-hydrogen) atoms. The molecule has 0 radical (unpaired) electrons. The lowest BCUT2D eigenvalue weighted by molar-refractivity contribution is 0.0832. The van der Waals surface area contributed by atoms with Gasteiger partial charge in [0.2, 0.25) is 0 Å². The highest BCUT2D eigenvalue weighted by Gasteiger charge is 2.19. The molecule has 0 aliphatic rings. The number of pyridine rings is 2. The molecule has 0 aliphatic carbocycles. The number of rotatable bonds is 3. The molecular formula is C25H18N4O3. The minimum atomic E-state index is -0.530. The average Bonchev–Trinajstić information content (AvgIpc) is 3.19. The quantitative estimate of drug-likeness (QED) is 0.419. The number of hydrogen-bond acceptors (Lipinski definition) is 5. The number of nitrogens with one attached hydrogen (secondary N) is 2. The number of furan rings is 1. The van der Waals surface area contributed by atoms with Crippen molar-refractivity contribution in [3.05, 3.63) is 96.0 Å². The first-order valence-electron chi connectivity index (χ1n) is 10.0. The second-order valence-electron chi connectivity index (χ2n) is 7.27. The molecule has 156 valence electrons. The molecule has 0 saturated heterocycles. The summed E-state index contributed by atoms with van der Waals surface area (Å²) in [5, 5.41) is 1.53. The summed E-state index contributed by atoms with van der Waals surface area (Å²) < 4.78 is 5.67.